The van der Waals surface area contributed by atoms with Crippen molar-refractivity contribution in [2.24, 2.45) is 5.14 Å². The molecule has 0 radical (unpaired) electrons. The second-order valence-corrected chi connectivity index (χ2v) is 6.06. The van der Waals surface area contributed by atoms with Crippen LogP contribution in [0.2, 0.25) is 5.02 Å². The summed E-state index contributed by atoms with van der Waals surface area (Å²) in [6.07, 6.45) is 0. The molecule has 0 saturated carbocycles. The number of methoxy groups -OCH3 is 1. The standard InChI is InChI=1S/C13H13ClN2O4S/c1-19-13-4-2-3-10(16-13)8-20-11-6-5-9(14)7-12(11)21(15,17)18/h2-7H,8H2,1H3,(H2,15,17,18). The van der Waals surface area contributed by atoms with Gasteiger partial charge >= 0.3 is 0 Å². The van der Waals surface area contributed by atoms with Crippen LogP contribution in [-0.2, 0) is 16.6 Å². The summed E-state index contributed by atoms with van der Waals surface area (Å²) in [5, 5.41) is 5.39. The zero-order chi connectivity index (χ0) is 15.5. The van der Waals surface area contributed by atoms with E-state index in [4.69, 9.17) is 26.2 Å². The number of hydrogen-bond donors (Lipinski definition) is 1. The Bertz CT molecular complexity index is 750. The summed E-state index contributed by atoms with van der Waals surface area (Å²) in [5.41, 5.74) is 0.588. The molecule has 0 aliphatic carbocycles. The lowest BCUT2D eigenvalue weighted by atomic mass is 10.3. The summed E-state index contributed by atoms with van der Waals surface area (Å²) in [5.74, 6) is 0.561. The van der Waals surface area contributed by atoms with Crippen molar-refractivity contribution in [3.63, 3.8) is 0 Å². The molecule has 2 N–H and O–H groups in total. The molecule has 1 aromatic carbocycles. The van der Waals surface area contributed by atoms with Gasteiger partial charge in [-0.3, -0.25) is 0 Å². The van der Waals surface area contributed by atoms with Crippen molar-refractivity contribution in [2.75, 3.05) is 7.11 Å². The molecule has 8 heteroatoms. The minimum atomic E-state index is -3.93. The summed E-state index contributed by atoms with van der Waals surface area (Å²) in [7, 11) is -2.42. The van der Waals surface area contributed by atoms with Crippen molar-refractivity contribution in [3.05, 3.63) is 47.1 Å². The Morgan fingerprint density at radius 1 is 1.29 bits per heavy atom. The van der Waals surface area contributed by atoms with Gasteiger partial charge in [-0.25, -0.2) is 18.5 Å². The highest BCUT2D eigenvalue weighted by molar-refractivity contribution is 7.89. The molecule has 0 saturated heterocycles. The zero-order valence-electron chi connectivity index (χ0n) is 11.1. The van der Waals surface area contributed by atoms with Crippen LogP contribution in [0.25, 0.3) is 0 Å². The van der Waals surface area contributed by atoms with Gasteiger partial charge in [0.15, 0.2) is 0 Å². The number of ether oxygens (including phenoxy) is 2. The molecule has 2 rings (SSSR count). The van der Waals surface area contributed by atoms with Gasteiger partial charge in [0, 0.05) is 11.1 Å². The topological polar surface area (TPSA) is 91.5 Å². The van der Waals surface area contributed by atoms with Crippen LogP contribution in [0, 0.1) is 0 Å². The van der Waals surface area contributed by atoms with Gasteiger partial charge in [0.2, 0.25) is 15.9 Å². The molecular formula is C13H13ClN2O4S. The third kappa shape index (κ3) is 4.07. The van der Waals surface area contributed by atoms with Crippen LogP contribution in [0.5, 0.6) is 11.6 Å². The predicted molar refractivity (Wildman–Crippen MR) is 77.9 cm³/mol. The molecule has 6 nitrogen and oxygen atoms in total. The van der Waals surface area contributed by atoms with Crippen LogP contribution in [0.3, 0.4) is 0 Å². The summed E-state index contributed by atoms with van der Waals surface area (Å²) in [4.78, 5) is 3.99. The van der Waals surface area contributed by atoms with E-state index in [9.17, 15) is 8.42 Å². The first-order chi connectivity index (χ1) is 9.90. The van der Waals surface area contributed by atoms with E-state index in [0.29, 0.717) is 11.6 Å². The van der Waals surface area contributed by atoms with Crippen molar-refractivity contribution >= 4 is 21.6 Å². The molecule has 0 amide bonds. The lowest BCUT2D eigenvalue weighted by Crippen LogP contribution is -2.14. The minimum absolute atomic E-state index is 0.0708. The zero-order valence-corrected chi connectivity index (χ0v) is 12.7. The molecule has 112 valence electrons. The van der Waals surface area contributed by atoms with Crippen molar-refractivity contribution < 1.29 is 17.9 Å². The molecule has 0 atom stereocenters. The van der Waals surface area contributed by atoms with E-state index in [1.54, 1.807) is 18.2 Å². The summed E-state index contributed by atoms with van der Waals surface area (Å²) >= 11 is 5.78. The van der Waals surface area contributed by atoms with Crippen molar-refractivity contribution in [1.29, 1.82) is 0 Å². The van der Waals surface area contributed by atoms with Gasteiger partial charge in [-0.2, -0.15) is 0 Å². The second-order valence-electron chi connectivity index (χ2n) is 4.10. The number of pyridine rings is 1. The van der Waals surface area contributed by atoms with Gasteiger partial charge in [-0.05, 0) is 24.3 Å². The van der Waals surface area contributed by atoms with Crippen LogP contribution in [0.15, 0.2) is 41.3 Å². The number of nitrogens with zero attached hydrogens (tertiary/aromatic N) is 1. The number of rotatable bonds is 5. The van der Waals surface area contributed by atoms with Gasteiger partial charge in [-0.15, -0.1) is 0 Å². The Morgan fingerprint density at radius 3 is 2.71 bits per heavy atom. The highest BCUT2D eigenvalue weighted by atomic mass is 35.5. The van der Waals surface area contributed by atoms with Gasteiger partial charge in [0.05, 0.1) is 12.8 Å². The summed E-state index contributed by atoms with van der Waals surface area (Å²) < 4.78 is 33.5. The fourth-order valence-corrected chi connectivity index (χ4v) is 2.56. The quantitative estimate of drug-likeness (QED) is 0.906. The Labute approximate surface area is 127 Å². The minimum Gasteiger partial charge on any atom is -0.486 e. The fraction of sp³-hybridized carbons (Fsp3) is 0.154. The van der Waals surface area contributed by atoms with Gasteiger partial charge < -0.3 is 9.47 Å². The molecule has 1 aromatic heterocycles. The fourth-order valence-electron chi connectivity index (χ4n) is 1.63. The second kappa shape index (κ2) is 6.30. The predicted octanol–water partition coefficient (Wildman–Crippen LogP) is 1.97. The van der Waals surface area contributed by atoms with E-state index in [2.05, 4.69) is 4.98 Å². The van der Waals surface area contributed by atoms with Crippen LogP contribution in [0.4, 0.5) is 0 Å². The van der Waals surface area contributed by atoms with Crippen LogP contribution < -0.4 is 14.6 Å². The first-order valence-corrected chi connectivity index (χ1v) is 7.77. The molecule has 1 heterocycles. The number of sulfonamides is 1. The lowest BCUT2D eigenvalue weighted by molar-refractivity contribution is 0.290. The molecule has 0 fully saturated rings. The van der Waals surface area contributed by atoms with E-state index in [1.807, 2.05) is 0 Å². The first-order valence-electron chi connectivity index (χ1n) is 5.85. The third-order valence-corrected chi connectivity index (χ3v) is 3.75. The lowest BCUT2D eigenvalue weighted by Gasteiger charge is -2.10. The Balaban J connectivity index is 2.24. The molecule has 21 heavy (non-hydrogen) atoms. The van der Waals surface area contributed by atoms with Crippen molar-refractivity contribution in [2.45, 2.75) is 11.5 Å². The van der Waals surface area contributed by atoms with Crippen LogP contribution in [0.1, 0.15) is 5.69 Å². The average molecular weight is 329 g/mol. The highest BCUT2D eigenvalue weighted by Gasteiger charge is 2.16. The van der Waals surface area contributed by atoms with E-state index >= 15 is 0 Å². The number of halogens is 1. The monoisotopic (exact) mass is 328 g/mol. The molecule has 0 bridgehead atoms. The van der Waals surface area contributed by atoms with Gasteiger partial charge in [0.1, 0.15) is 17.3 Å². The van der Waals surface area contributed by atoms with Gasteiger partial charge in [0.25, 0.3) is 0 Å². The normalized spacial score (nSPS) is 11.2. The Kier molecular flexibility index (Phi) is 4.66. The maximum absolute atomic E-state index is 11.5. The number of aromatic nitrogens is 1. The van der Waals surface area contributed by atoms with E-state index in [0.717, 1.165) is 0 Å². The van der Waals surface area contributed by atoms with Gasteiger partial charge in [-0.1, -0.05) is 17.7 Å². The molecule has 0 aliphatic rings. The van der Waals surface area contributed by atoms with E-state index in [1.165, 1.54) is 25.3 Å². The van der Waals surface area contributed by atoms with E-state index in [-0.39, 0.29) is 22.3 Å². The first kappa shape index (κ1) is 15.6. The third-order valence-electron chi connectivity index (χ3n) is 2.58. The molecule has 0 unspecified atom stereocenters. The number of nitrogens with two attached hydrogens (primary N) is 1. The summed E-state index contributed by atoms with van der Waals surface area (Å²) in [6.45, 7) is 0.0708. The van der Waals surface area contributed by atoms with E-state index < -0.39 is 10.0 Å². The largest absolute Gasteiger partial charge is 0.486 e. The Hall–Kier alpha value is -1.83. The molecular weight excluding hydrogens is 316 g/mol. The van der Waals surface area contributed by atoms with Crippen molar-refractivity contribution in [1.82, 2.24) is 4.98 Å². The smallest absolute Gasteiger partial charge is 0.241 e. The molecule has 0 spiro atoms. The SMILES string of the molecule is COc1cccc(COc2ccc(Cl)cc2S(N)(=O)=O)n1. The van der Waals surface area contributed by atoms with Crippen LogP contribution >= 0.6 is 11.6 Å². The number of hydrogen-bond acceptors (Lipinski definition) is 5. The number of benzene rings is 1. The molecule has 2 aromatic rings. The Morgan fingerprint density at radius 2 is 2.05 bits per heavy atom. The number of primary sulfonamides is 1. The maximum atomic E-state index is 11.5. The highest BCUT2D eigenvalue weighted by Crippen LogP contribution is 2.27. The van der Waals surface area contributed by atoms with Crippen molar-refractivity contribution in [3.8, 4) is 11.6 Å². The van der Waals surface area contributed by atoms with Crippen LogP contribution in [-0.4, -0.2) is 20.5 Å². The average Bonchev–Trinajstić information content (AvgIpc) is 2.45. The maximum Gasteiger partial charge on any atom is 0.241 e. The molecule has 0 aliphatic heterocycles. The summed E-state index contributed by atoms with van der Waals surface area (Å²) in [6, 6.07) is 9.39.